The van der Waals surface area contributed by atoms with Gasteiger partial charge in [-0.15, -0.1) is 0 Å². The average molecular weight is 290 g/mol. The molecule has 1 saturated carbocycles. The van der Waals surface area contributed by atoms with E-state index < -0.39 is 5.97 Å². The Morgan fingerprint density at radius 2 is 1.86 bits per heavy atom. The first-order valence-electron chi connectivity index (χ1n) is 7.39. The minimum Gasteiger partial charge on any atom is -0.478 e. The van der Waals surface area contributed by atoms with E-state index in [9.17, 15) is 9.59 Å². The molecular formula is C16H22N2O3. The monoisotopic (exact) mass is 290 g/mol. The summed E-state index contributed by atoms with van der Waals surface area (Å²) in [6.07, 6.45) is 4.22. The number of carboxylic acids is 1. The van der Waals surface area contributed by atoms with Crippen LogP contribution < -0.4 is 10.6 Å². The van der Waals surface area contributed by atoms with Crippen LogP contribution in [-0.2, 0) is 6.42 Å². The Bertz CT molecular complexity index is 507. The van der Waals surface area contributed by atoms with E-state index >= 15 is 0 Å². The zero-order valence-corrected chi connectivity index (χ0v) is 12.3. The number of hydrogen-bond donors (Lipinski definition) is 3. The maximum Gasteiger partial charge on any atom is 0.335 e. The summed E-state index contributed by atoms with van der Waals surface area (Å²) < 4.78 is 0. The largest absolute Gasteiger partial charge is 0.478 e. The van der Waals surface area contributed by atoms with E-state index in [4.69, 9.17) is 5.11 Å². The molecule has 3 N–H and O–H groups in total. The lowest BCUT2D eigenvalue weighted by molar-refractivity contribution is 0.0697. The first-order valence-corrected chi connectivity index (χ1v) is 7.39. The molecule has 21 heavy (non-hydrogen) atoms. The van der Waals surface area contributed by atoms with Crippen molar-refractivity contribution in [3.63, 3.8) is 0 Å². The third-order valence-electron chi connectivity index (χ3n) is 4.23. The molecule has 1 aliphatic carbocycles. The molecular weight excluding hydrogens is 268 g/mol. The summed E-state index contributed by atoms with van der Waals surface area (Å²) in [4.78, 5) is 22.4. The molecule has 5 heteroatoms. The standard InChI is InChI=1S/C16H22N2O3/c1-2-16(8-9-16)11-18-15(21)17-10-7-12-3-5-13(6-4-12)14(19)20/h3-6H,2,7-11H2,1H3,(H,19,20)(H2,17,18,21). The predicted octanol–water partition coefficient (Wildman–Crippen LogP) is 2.42. The molecule has 0 bridgehead atoms. The Hall–Kier alpha value is -2.04. The van der Waals surface area contributed by atoms with Crippen LogP contribution in [0.2, 0.25) is 0 Å². The summed E-state index contributed by atoms with van der Waals surface area (Å²) in [7, 11) is 0. The minimum absolute atomic E-state index is 0.128. The summed E-state index contributed by atoms with van der Waals surface area (Å²) in [5, 5.41) is 14.6. The number of carbonyl (C=O) groups is 2. The number of amides is 2. The molecule has 1 aromatic rings. The summed E-state index contributed by atoms with van der Waals surface area (Å²) in [5.41, 5.74) is 1.63. The lowest BCUT2D eigenvalue weighted by Crippen LogP contribution is -2.39. The zero-order chi connectivity index (χ0) is 15.3. The van der Waals surface area contributed by atoms with Crippen molar-refractivity contribution in [2.24, 2.45) is 5.41 Å². The zero-order valence-electron chi connectivity index (χ0n) is 12.3. The second kappa shape index (κ2) is 6.61. The number of rotatable bonds is 7. The van der Waals surface area contributed by atoms with Crippen molar-refractivity contribution in [1.29, 1.82) is 0 Å². The SMILES string of the molecule is CCC1(CNC(=O)NCCc2ccc(C(=O)O)cc2)CC1. The van der Waals surface area contributed by atoms with Crippen LogP contribution in [0.3, 0.4) is 0 Å². The Balaban J connectivity index is 1.66. The first kappa shape index (κ1) is 15.4. The average Bonchev–Trinajstić information content (AvgIpc) is 3.26. The fourth-order valence-corrected chi connectivity index (χ4v) is 2.30. The summed E-state index contributed by atoms with van der Waals surface area (Å²) in [6, 6.07) is 6.58. The normalized spacial score (nSPS) is 15.3. The Kier molecular flexibility index (Phi) is 4.83. The lowest BCUT2D eigenvalue weighted by atomic mass is 10.0. The van der Waals surface area contributed by atoms with E-state index in [1.54, 1.807) is 24.3 Å². The van der Waals surface area contributed by atoms with Crippen LogP contribution in [0, 0.1) is 5.41 Å². The van der Waals surface area contributed by atoms with Crippen LogP contribution in [-0.4, -0.2) is 30.2 Å². The van der Waals surface area contributed by atoms with E-state index in [0.717, 1.165) is 18.5 Å². The van der Waals surface area contributed by atoms with E-state index in [-0.39, 0.29) is 11.6 Å². The highest BCUT2D eigenvalue weighted by molar-refractivity contribution is 5.87. The molecule has 0 spiro atoms. The highest BCUT2D eigenvalue weighted by Gasteiger charge is 2.40. The summed E-state index contributed by atoms with van der Waals surface area (Å²) in [5.74, 6) is -0.927. The Morgan fingerprint density at radius 3 is 2.38 bits per heavy atom. The highest BCUT2D eigenvalue weighted by atomic mass is 16.4. The van der Waals surface area contributed by atoms with Crippen molar-refractivity contribution in [1.82, 2.24) is 10.6 Å². The summed E-state index contributed by atoms with van der Waals surface area (Å²) >= 11 is 0. The molecule has 114 valence electrons. The molecule has 2 rings (SSSR count). The second-order valence-corrected chi connectivity index (χ2v) is 5.72. The minimum atomic E-state index is -0.927. The number of hydrogen-bond acceptors (Lipinski definition) is 2. The number of carbonyl (C=O) groups excluding carboxylic acids is 1. The van der Waals surface area contributed by atoms with Gasteiger partial charge in [-0.25, -0.2) is 9.59 Å². The highest BCUT2D eigenvalue weighted by Crippen LogP contribution is 2.47. The molecule has 0 atom stereocenters. The smallest absolute Gasteiger partial charge is 0.335 e. The van der Waals surface area contributed by atoms with Crippen molar-refractivity contribution >= 4 is 12.0 Å². The van der Waals surface area contributed by atoms with Gasteiger partial charge >= 0.3 is 12.0 Å². The van der Waals surface area contributed by atoms with E-state index in [2.05, 4.69) is 17.6 Å². The molecule has 1 aromatic carbocycles. The van der Waals surface area contributed by atoms with Gasteiger partial charge in [-0.2, -0.15) is 0 Å². The van der Waals surface area contributed by atoms with Gasteiger partial charge in [-0.1, -0.05) is 19.1 Å². The van der Waals surface area contributed by atoms with E-state index in [1.165, 1.54) is 12.8 Å². The van der Waals surface area contributed by atoms with Crippen LogP contribution in [0.5, 0.6) is 0 Å². The van der Waals surface area contributed by atoms with Gasteiger partial charge in [0.1, 0.15) is 0 Å². The van der Waals surface area contributed by atoms with Crippen LogP contribution in [0.25, 0.3) is 0 Å². The molecule has 0 unspecified atom stereocenters. The van der Waals surface area contributed by atoms with Crippen molar-refractivity contribution in [2.75, 3.05) is 13.1 Å². The quantitative estimate of drug-likeness (QED) is 0.721. The van der Waals surface area contributed by atoms with Gasteiger partial charge in [-0.3, -0.25) is 0 Å². The maximum atomic E-state index is 11.7. The third-order valence-corrected chi connectivity index (χ3v) is 4.23. The fraction of sp³-hybridized carbons (Fsp3) is 0.500. The van der Waals surface area contributed by atoms with Crippen molar-refractivity contribution in [3.8, 4) is 0 Å². The number of carboxylic acid groups (broad SMARTS) is 1. The third kappa shape index (κ3) is 4.48. The van der Waals surface area contributed by atoms with Crippen LogP contribution in [0.1, 0.15) is 42.1 Å². The van der Waals surface area contributed by atoms with Gasteiger partial charge in [0.2, 0.25) is 0 Å². The number of nitrogens with one attached hydrogen (secondary N) is 2. The van der Waals surface area contributed by atoms with Crippen molar-refractivity contribution < 1.29 is 14.7 Å². The van der Waals surface area contributed by atoms with Crippen molar-refractivity contribution in [2.45, 2.75) is 32.6 Å². The Labute approximate surface area is 124 Å². The summed E-state index contributed by atoms with van der Waals surface area (Å²) in [6.45, 7) is 3.45. The number of benzene rings is 1. The van der Waals surface area contributed by atoms with E-state index in [0.29, 0.717) is 18.4 Å². The van der Waals surface area contributed by atoms with E-state index in [1.807, 2.05) is 0 Å². The van der Waals surface area contributed by atoms with Crippen LogP contribution in [0.15, 0.2) is 24.3 Å². The van der Waals surface area contributed by atoms with Crippen LogP contribution >= 0.6 is 0 Å². The van der Waals surface area contributed by atoms with Gasteiger partial charge in [0, 0.05) is 13.1 Å². The molecule has 0 heterocycles. The molecule has 0 saturated heterocycles. The predicted molar refractivity (Wildman–Crippen MR) is 80.5 cm³/mol. The molecule has 2 amide bonds. The van der Waals surface area contributed by atoms with Crippen molar-refractivity contribution in [3.05, 3.63) is 35.4 Å². The fourth-order valence-electron chi connectivity index (χ4n) is 2.30. The molecule has 5 nitrogen and oxygen atoms in total. The number of aromatic carboxylic acids is 1. The second-order valence-electron chi connectivity index (χ2n) is 5.72. The first-order chi connectivity index (χ1) is 10.0. The van der Waals surface area contributed by atoms with Gasteiger partial charge in [0.05, 0.1) is 5.56 Å². The molecule has 0 aromatic heterocycles. The molecule has 1 aliphatic rings. The van der Waals surface area contributed by atoms with Gasteiger partial charge in [0.25, 0.3) is 0 Å². The molecule has 0 radical (unpaired) electrons. The van der Waals surface area contributed by atoms with Crippen LogP contribution in [0.4, 0.5) is 4.79 Å². The molecule has 1 fully saturated rings. The Morgan fingerprint density at radius 1 is 1.19 bits per heavy atom. The number of urea groups is 1. The topological polar surface area (TPSA) is 78.4 Å². The molecule has 0 aliphatic heterocycles. The van der Waals surface area contributed by atoms with Gasteiger partial charge < -0.3 is 15.7 Å². The van der Waals surface area contributed by atoms with Gasteiger partial charge in [-0.05, 0) is 48.8 Å². The lowest BCUT2D eigenvalue weighted by Gasteiger charge is -2.14. The van der Waals surface area contributed by atoms with Gasteiger partial charge in [0.15, 0.2) is 0 Å². The maximum absolute atomic E-state index is 11.7.